The number of carbonyl (C=O) groups is 1. The zero-order valence-electron chi connectivity index (χ0n) is 8.42. The fourth-order valence-electron chi connectivity index (χ4n) is 1.77. The van der Waals surface area contributed by atoms with Crippen molar-refractivity contribution in [1.29, 1.82) is 0 Å². The van der Waals surface area contributed by atoms with Crippen molar-refractivity contribution in [2.24, 2.45) is 0 Å². The summed E-state index contributed by atoms with van der Waals surface area (Å²) in [7, 11) is 1.85. The van der Waals surface area contributed by atoms with E-state index in [4.69, 9.17) is 4.74 Å². The average molecular weight is 270 g/mol. The molecule has 1 N–H and O–H groups in total. The minimum absolute atomic E-state index is 0.0516. The second kappa shape index (κ2) is 4.33. The van der Waals surface area contributed by atoms with Gasteiger partial charge >= 0.3 is 5.97 Å². The van der Waals surface area contributed by atoms with Crippen molar-refractivity contribution in [3.63, 3.8) is 0 Å². The number of esters is 1. The summed E-state index contributed by atoms with van der Waals surface area (Å²) in [5.41, 5.74) is 1.74. The highest BCUT2D eigenvalue weighted by atomic mass is 79.9. The molecule has 1 aromatic rings. The van der Waals surface area contributed by atoms with Gasteiger partial charge in [-0.1, -0.05) is 15.9 Å². The number of rotatable bonds is 2. The number of cyclic esters (lactones) is 1. The number of ether oxygens (including phenoxy) is 1. The van der Waals surface area contributed by atoms with E-state index in [0.717, 1.165) is 16.5 Å². The first-order chi connectivity index (χ1) is 7.20. The number of hydrogen-bond acceptors (Lipinski definition) is 3. The maximum atomic E-state index is 11.6. The van der Waals surface area contributed by atoms with Crippen LogP contribution in [-0.2, 0) is 11.2 Å². The van der Waals surface area contributed by atoms with E-state index in [1.807, 2.05) is 19.2 Å². The minimum atomic E-state index is -0.219. The van der Waals surface area contributed by atoms with E-state index < -0.39 is 0 Å². The maximum absolute atomic E-state index is 11.6. The van der Waals surface area contributed by atoms with Gasteiger partial charge in [0.1, 0.15) is 6.10 Å². The summed E-state index contributed by atoms with van der Waals surface area (Å²) in [5.74, 6) is -0.219. The zero-order chi connectivity index (χ0) is 10.8. The molecule has 0 saturated heterocycles. The summed E-state index contributed by atoms with van der Waals surface area (Å²) in [6, 6.07) is 5.65. The van der Waals surface area contributed by atoms with Crippen molar-refractivity contribution in [3.05, 3.63) is 33.8 Å². The number of benzene rings is 1. The Morgan fingerprint density at radius 1 is 1.60 bits per heavy atom. The van der Waals surface area contributed by atoms with E-state index in [9.17, 15) is 4.79 Å². The predicted molar refractivity (Wildman–Crippen MR) is 61.0 cm³/mol. The molecule has 1 atom stereocenters. The first-order valence-corrected chi connectivity index (χ1v) is 5.64. The molecule has 1 aliphatic rings. The van der Waals surface area contributed by atoms with Crippen LogP contribution in [0, 0.1) is 0 Å². The normalized spacial score (nSPS) is 19.6. The molecule has 0 aromatic heterocycles. The smallest absolute Gasteiger partial charge is 0.338 e. The lowest BCUT2D eigenvalue weighted by atomic mass is 9.99. The summed E-state index contributed by atoms with van der Waals surface area (Å²) >= 11 is 3.40. The van der Waals surface area contributed by atoms with Crippen molar-refractivity contribution in [1.82, 2.24) is 5.32 Å². The van der Waals surface area contributed by atoms with Gasteiger partial charge in [0.25, 0.3) is 0 Å². The molecule has 0 fully saturated rings. The molecule has 2 rings (SSSR count). The lowest BCUT2D eigenvalue weighted by molar-refractivity contribution is 0.0263. The van der Waals surface area contributed by atoms with Crippen LogP contribution >= 0.6 is 15.9 Å². The molecule has 0 spiro atoms. The Kier molecular flexibility index (Phi) is 3.07. The van der Waals surface area contributed by atoms with Crippen LogP contribution < -0.4 is 5.32 Å². The van der Waals surface area contributed by atoms with E-state index in [-0.39, 0.29) is 12.1 Å². The molecule has 3 nitrogen and oxygen atoms in total. The third kappa shape index (κ3) is 2.21. The molecule has 0 saturated carbocycles. The van der Waals surface area contributed by atoms with E-state index in [1.54, 1.807) is 6.07 Å². The summed E-state index contributed by atoms with van der Waals surface area (Å²) in [6.45, 7) is 0.692. The lowest BCUT2D eigenvalue weighted by Gasteiger charge is -2.24. The first kappa shape index (κ1) is 10.6. The van der Waals surface area contributed by atoms with Gasteiger partial charge in [-0.2, -0.15) is 0 Å². The number of halogens is 1. The Hall–Kier alpha value is -0.870. The third-order valence-corrected chi connectivity index (χ3v) is 2.93. The highest BCUT2D eigenvalue weighted by Crippen LogP contribution is 2.23. The average Bonchev–Trinajstić information content (AvgIpc) is 2.17. The van der Waals surface area contributed by atoms with E-state index >= 15 is 0 Å². The molecule has 80 valence electrons. The lowest BCUT2D eigenvalue weighted by Crippen LogP contribution is -2.35. The van der Waals surface area contributed by atoms with Crippen LogP contribution in [0.3, 0.4) is 0 Å². The molecule has 1 unspecified atom stereocenters. The SMILES string of the molecule is CNCC1Cc2cc(Br)ccc2C(=O)O1. The summed E-state index contributed by atoms with van der Waals surface area (Å²) in [4.78, 5) is 11.6. The molecule has 0 radical (unpaired) electrons. The number of fused-ring (bicyclic) bond motifs is 1. The van der Waals surface area contributed by atoms with E-state index in [0.29, 0.717) is 12.1 Å². The number of likely N-dealkylation sites (N-methyl/N-ethyl adjacent to an activating group) is 1. The Bertz CT molecular complexity index is 392. The van der Waals surface area contributed by atoms with Crippen LogP contribution in [0.25, 0.3) is 0 Å². The van der Waals surface area contributed by atoms with Gasteiger partial charge in [0.2, 0.25) is 0 Å². The van der Waals surface area contributed by atoms with Gasteiger partial charge in [-0.15, -0.1) is 0 Å². The van der Waals surface area contributed by atoms with Gasteiger partial charge in [-0.05, 0) is 30.8 Å². The molecule has 1 aliphatic heterocycles. The first-order valence-electron chi connectivity index (χ1n) is 4.84. The van der Waals surface area contributed by atoms with Crippen LogP contribution in [0.4, 0.5) is 0 Å². The summed E-state index contributed by atoms with van der Waals surface area (Å²) < 4.78 is 6.28. The molecule has 0 aliphatic carbocycles. The fraction of sp³-hybridized carbons (Fsp3) is 0.364. The maximum Gasteiger partial charge on any atom is 0.338 e. The van der Waals surface area contributed by atoms with Gasteiger partial charge < -0.3 is 10.1 Å². The van der Waals surface area contributed by atoms with Crippen molar-refractivity contribution in [3.8, 4) is 0 Å². The second-order valence-corrected chi connectivity index (χ2v) is 4.51. The van der Waals surface area contributed by atoms with Crippen molar-refractivity contribution >= 4 is 21.9 Å². The topological polar surface area (TPSA) is 38.3 Å². The number of hydrogen-bond donors (Lipinski definition) is 1. The fourth-order valence-corrected chi connectivity index (χ4v) is 2.18. The molecule has 1 heterocycles. The minimum Gasteiger partial charge on any atom is -0.457 e. The van der Waals surface area contributed by atoms with E-state index in [2.05, 4.69) is 21.2 Å². The Morgan fingerprint density at radius 3 is 3.13 bits per heavy atom. The van der Waals surface area contributed by atoms with Crippen LogP contribution in [0.1, 0.15) is 15.9 Å². The van der Waals surface area contributed by atoms with Gasteiger partial charge in [0.15, 0.2) is 0 Å². The Morgan fingerprint density at radius 2 is 2.40 bits per heavy atom. The van der Waals surface area contributed by atoms with Crippen molar-refractivity contribution in [2.75, 3.05) is 13.6 Å². The molecular weight excluding hydrogens is 258 g/mol. The highest BCUT2D eigenvalue weighted by molar-refractivity contribution is 9.10. The Labute approximate surface area is 96.9 Å². The van der Waals surface area contributed by atoms with Gasteiger partial charge in [-0.25, -0.2) is 4.79 Å². The zero-order valence-corrected chi connectivity index (χ0v) is 10.0. The quantitative estimate of drug-likeness (QED) is 0.832. The van der Waals surface area contributed by atoms with Crippen LogP contribution in [0.2, 0.25) is 0 Å². The molecule has 15 heavy (non-hydrogen) atoms. The van der Waals surface area contributed by atoms with Gasteiger partial charge in [0.05, 0.1) is 5.56 Å². The third-order valence-electron chi connectivity index (χ3n) is 2.44. The van der Waals surface area contributed by atoms with Crippen LogP contribution in [-0.4, -0.2) is 25.7 Å². The monoisotopic (exact) mass is 269 g/mol. The van der Waals surface area contributed by atoms with Crippen molar-refractivity contribution in [2.45, 2.75) is 12.5 Å². The van der Waals surface area contributed by atoms with E-state index in [1.165, 1.54) is 0 Å². The van der Waals surface area contributed by atoms with Gasteiger partial charge in [-0.3, -0.25) is 0 Å². The number of carbonyl (C=O) groups excluding carboxylic acids is 1. The molecule has 0 amide bonds. The van der Waals surface area contributed by atoms with Gasteiger partial charge in [0, 0.05) is 17.4 Å². The molecule has 4 heteroatoms. The number of nitrogens with one attached hydrogen (secondary N) is 1. The van der Waals surface area contributed by atoms with Crippen molar-refractivity contribution < 1.29 is 9.53 Å². The summed E-state index contributed by atoms with van der Waals surface area (Å²) in [6.07, 6.45) is 0.728. The molecule has 0 bridgehead atoms. The van der Waals surface area contributed by atoms with Crippen LogP contribution in [0.5, 0.6) is 0 Å². The molecular formula is C11H12BrNO2. The predicted octanol–water partition coefficient (Wildman–Crippen LogP) is 1.75. The molecule has 1 aromatic carbocycles. The van der Waals surface area contributed by atoms with Crippen LogP contribution in [0.15, 0.2) is 22.7 Å². The summed E-state index contributed by atoms with van der Waals surface area (Å²) in [5, 5.41) is 3.01. The second-order valence-electron chi connectivity index (χ2n) is 3.59. The largest absolute Gasteiger partial charge is 0.457 e. The Balaban J connectivity index is 2.29. The standard InChI is InChI=1S/C11H12BrNO2/c1-13-6-9-5-7-4-8(12)2-3-10(7)11(14)15-9/h2-4,9,13H,5-6H2,1H3. The highest BCUT2D eigenvalue weighted by Gasteiger charge is 2.25.